The van der Waals surface area contributed by atoms with Gasteiger partial charge in [0, 0.05) is 11.3 Å². The van der Waals surface area contributed by atoms with Crippen LogP contribution in [0.5, 0.6) is 5.75 Å². The molecule has 0 aliphatic carbocycles. The van der Waals surface area contributed by atoms with E-state index in [9.17, 15) is 17.6 Å². The number of para-hydroxylation sites is 1. The molecule has 0 spiro atoms. The van der Waals surface area contributed by atoms with E-state index in [-0.39, 0.29) is 11.6 Å². The number of halogens is 4. The van der Waals surface area contributed by atoms with Gasteiger partial charge < -0.3 is 4.74 Å². The fourth-order valence-corrected chi connectivity index (χ4v) is 4.93. The summed E-state index contributed by atoms with van der Waals surface area (Å²) in [6, 6.07) is 25.3. The first-order valence-corrected chi connectivity index (χ1v) is 14.3. The summed E-state index contributed by atoms with van der Waals surface area (Å²) in [5.41, 5.74) is 8.49. The van der Waals surface area contributed by atoms with E-state index in [1.165, 1.54) is 53.1 Å². The Kier molecular flexibility index (Phi) is 9.39. The molecule has 0 atom stereocenters. The van der Waals surface area contributed by atoms with E-state index in [2.05, 4.69) is 25.3 Å². The zero-order valence-electron chi connectivity index (χ0n) is 23.6. The fourth-order valence-electron chi connectivity index (χ4n) is 4.14. The lowest BCUT2D eigenvalue weighted by Crippen LogP contribution is -2.17. The van der Waals surface area contributed by atoms with Crippen molar-refractivity contribution in [3.05, 3.63) is 125 Å². The largest absolute Gasteiger partial charge is 0.573 e. The number of alkyl halides is 3. The van der Waals surface area contributed by atoms with Crippen LogP contribution in [0.25, 0.3) is 17.1 Å². The van der Waals surface area contributed by atoms with Gasteiger partial charge in [0.15, 0.2) is 11.0 Å². The highest BCUT2D eigenvalue weighted by atomic mass is 32.2. The molecule has 4 aromatic carbocycles. The molecular formula is C32H26F4N6OS. The minimum Gasteiger partial charge on any atom is -0.406 e. The number of ether oxygens (including phenoxy) is 1. The van der Waals surface area contributed by atoms with Gasteiger partial charge in [0.2, 0.25) is 0 Å². The van der Waals surface area contributed by atoms with E-state index in [4.69, 9.17) is 4.99 Å². The van der Waals surface area contributed by atoms with Crippen LogP contribution in [0.4, 0.5) is 23.2 Å². The van der Waals surface area contributed by atoms with E-state index in [0.717, 1.165) is 27.9 Å². The van der Waals surface area contributed by atoms with Crippen molar-refractivity contribution in [1.82, 2.24) is 20.2 Å². The van der Waals surface area contributed by atoms with Crippen molar-refractivity contribution in [3.8, 4) is 22.8 Å². The normalized spacial score (nSPS) is 12.1. The van der Waals surface area contributed by atoms with Gasteiger partial charge in [0.1, 0.15) is 17.9 Å². The van der Waals surface area contributed by atoms with Crippen LogP contribution in [0.1, 0.15) is 22.3 Å². The Morgan fingerprint density at radius 3 is 2.32 bits per heavy atom. The van der Waals surface area contributed by atoms with Gasteiger partial charge in [0.25, 0.3) is 0 Å². The molecule has 0 radical (unpaired) electrons. The van der Waals surface area contributed by atoms with Crippen LogP contribution in [0.15, 0.2) is 107 Å². The van der Waals surface area contributed by atoms with Gasteiger partial charge in [-0.2, -0.15) is 5.10 Å². The highest BCUT2D eigenvalue weighted by Gasteiger charge is 2.31. The second-order valence-corrected chi connectivity index (χ2v) is 10.5. The molecule has 0 amide bonds. The molecule has 7 nitrogen and oxygen atoms in total. The summed E-state index contributed by atoms with van der Waals surface area (Å²) in [6.07, 6.45) is -1.64. The molecule has 5 rings (SSSR count). The van der Waals surface area contributed by atoms with Crippen LogP contribution in [0.3, 0.4) is 0 Å². The van der Waals surface area contributed by atoms with Gasteiger partial charge in [-0.1, -0.05) is 72.4 Å². The summed E-state index contributed by atoms with van der Waals surface area (Å²) in [6.45, 7) is 3.97. The SMILES string of the molecule is Cc1cccc(C)c1/N=C(/N/N=C/c1ccc(-c2ncn(-c3ccc(OC(F)(F)F)cc3)n2)cc1)SCc1ccccc1F. The van der Waals surface area contributed by atoms with Crippen LogP contribution < -0.4 is 10.2 Å². The van der Waals surface area contributed by atoms with Gasteiger partial charge in [-0.3, -0.25) is 5.43 Å². The third kappa shape index (κ3) is 8.10. The number of hydrogen-bond donors (Lipinski definition) is 1. The maximum atomic E-state index is 14.2. The molecule has 224 valence electrons. The van der Waals surface area contributed by atoms with Crippen LogP contribution in [-0.4, -0.2) is 32.5 Å². The molecule has 12 heteroatoms. The Bertz CT molecular complexity index is 1760. The quantitative estimate of drug-likeness (QED) is 0.0823. The van der Waals surface area contributed by atoms with E-state index in [1.807, 2.05) is 56.3 Å². The molecule has 0 saturated carbocycles. The smallest absolute Gasteiger partial charge is 0.406 e. The highest BCUT2D eigenvalue weighted by molar-refractivity contribution is 8.13. The van der Waals surface area contributed by atoms with Crippen LogP contribution >= 0.6 is 11.8 Å². The molecule has 44 heavy (non-hydrogen) atoms. The van der Waals surface area contributed by atoms with Crippen molar-refractivity contribution in [2.24, 2.45) is 10.1 Å². The summed E-state index contributed by atoms with van der Waals surface area (Å²) in [4.78, 5) is 9.11. The third-order valence-electron chi connectivity index (χ3n) is 6.34. The van der Waals surface area contributed by atoms with Gasteiger partial charge in [0.05, 0.1) is 17.6 Å². The zero-order valence-corrected chi connectivity index (χ0v) is 24.4. The molecule has 0 unspecified atom stereocenters. The Labute approximate surface area is 255 Å². The highest BCUT2D eigenvalue weighted by Crippen LogP contribution is 2.26. The lowest BCUT2D eigenvalue weighted by Gasteiger charge is -2.09. The van der Waals surface area contributed by atoms with Crippen molar-refractivity contribution in [2.45, 2.75) is 26.0 Å². The molecule has 0 saturated heterocycles. The molecule has 1 N–H and O–H groups in total. The molecule has 1 heterocycles. The summed E-state index contributed by atoms with van der Waals surface area (Å²) < 4.78 is 56.8. The van der Waals surface area contributed by atoms with Crippen molar-refractivity contribution in [1.29, 1.82) is 0 Å². The lowest BCUT2D eigenvalue weighted by atomic mass is 10.1. The minimum atomic E-state index is -4.76. The molecular weight excluding hydrogens is 592 g/mol. The Balaban J connectivity index is 1.27. The van der Waals surface area contributed by atoms with E-state index < -0.39 is 6.36 Å². The molecule has 0 bridgehead atoms. The Morgan fingerprint density at radius 2 is 1.64 bits per heavy atom. The van der Waals surface area contributed by atoms with Gasteiger partial charge >= 0.3 is 6.36 Å². The van der Waals surface area contributed by atoms with Crippen molar-refractivity contribution < 1.29 is 22.3 Å². The second kappa shape index (κ2) is 13.6. The fraction of sp³-hybridized carbons (Fsp3) is 0.125. The number of nitrogens with zero attached hydrogens (tertiary/aromatic N) is 5. The molecule has 0 fully saturated rings. The number of aromatic nitrogens is 3. The Morgan fingerprint density at radius 1 is 0.932 bits per heavy atom. The number of rotatable bonds is 8. The van der Waals surface area contributed by atoms with Gasteiger partial charge in [-0.05, 0) is 66.4 Å². The first-order chi connectivity index (χ1) is 21.1. The average Bonchev–Trinajstić information content (AvgIpc) is 3.49. The van der Waals surface area contributed by atoms with Gasteiger partial charge in [-0.25, -0.2) is 19.0 Å². The number of aliphatic imine (C=N–C) groups is 1. The predicted octanol–water partition coefficient (Wildman–Crippen LogP) is 8.13. The molecule has 5 aromatic rings. The summed E-state index contributed by atoms with van der Waals surface area (Å²) in [5, 5.41) is 9.32. The van der Waals surface area contributed by atoms with Gasteiger partial charge in [-0.15, -0.1) is 18.3 Å². The van der Waals surface area contributed by atoms with Crippen LogP contribution in [0, 0.1) is 19.7 Å². The number of thioether (sulfide) groups is 1. The van der Waals surface area contributed by atoms with Crippen LogP contribution in [0.2, 0.25) is 0 Å². The monoisotopic (exact) mass is 618 g/mol. The van der Waals surface area contributed by atoms with Crippen LogP contribution in [-0.2, 0) is 5.75 Å². The number of hydrazone groups is 1. The number of aryl methyl sites for hydroxylation is 2. The first-order valence-electron chi connectivity index (χ1n) is 13.3. The number of hydrogen-bond acceptors (Lipinski definition) is 6. The third-order valence-corrected chi connectivity index (χ3v) is 7.26. The minimum absolute atomic E-state index is 0.275. The van der Waals surface area contributed by atoms with Crippen molar-refractivity contribution >= 4 is 28.8 Å². The van der Waals surface area contributed by atoms with Crippen molar-refractivity contribution in [3.63, 3.8) is 0 Å². The van der Waals surface area contributed by atoms with E-state index >= 15 is 0 Å². The number of amidine groups is 1. The predicted molar refractivity (Wildman–Crippen MR) is 165 cm³/mol. The van der Waals surface area contributed by atoms with Crippen molar-refractivity contribution in [2.75, 3.05) is 0 Å². The summed E-state index contributed by atoms with van der Waals surface area (Å²) in [7, 11) is 0. The first kappa shape index (κ1) is 30.5. The maximum Gasteiger partial charge on any atom is 0.573 e. The average molecular weight is 619 g/mol. The standard InChI is InChI=1S/C32H26F4N6OS/c1-21-6-5-7-22(2)29(21)39-31(44-19-25-8-3-4-9-28(25)33)40-38-18-23-10-12-24(13-11-23)30-37-20-42(41-30)26-14-16-27(17-15-26)43-32(34,35)36/h3-18,20H,19H2,1-2H3,(H,39,40)/b38-18+. The number of benzene rings is 4. The molecule has 1 aromatic heterocycles. The topological polar surface area (TPSA) is 76.7 Å². The van der Waals surface area contributed by atoms with E-state index in [1.54, 1.807) is 24.4 Å². The summed E-state index contributed by atoms with van der Waals surface area (Å²) in [5.74, 6) is 0.219. The number of nitrogens with one attached hydrogen (secondary N) is 1. The maximum absolute atomic E-state index is 14.2. The Hall–Kier alpha value is -4.97. The molecule has 0 aliphatic rings. The van der Waals surface area contributed by atoms with E-state index in [0.29, 0.717) is 28.0 Å². The second-order valence-electron chi connectivity index (χ2n) is 9.58. The lowest BCUT2D eigenvalue weighted by molar-refractivity contribution is -0.274. The zero-order chi connectivity index (χ0) is 31.1. The molecule has 0 aliphatic heterocycles. The summed E-state index contributed by atoms with van der Waals surface area (Å²) >= 11 is 1.35.